The molecule has 3 rings (SSSR count). The van der Waals surface area contributed by atoms with E-state index < -0.39 is 34.4 Å². The van der Waals surface area contributed by atoms with Crippen LogP contribution in [0.25, 0.3) is 0 Å². The first-order valence-electron chi connectivity index (χ1n) is 11.3. The van der Waals surface area contributed by atoms with Crippen LogP contribution in [-0.4, -0.2) is 56.1 Å². The summed E-state index contributed by atoms with van der Waals surface area (Å²) in [5.41, 5.74) is 1.06. The molecule has 1 atom stereocenters. The standard InChI is InChI=1S/C25H30N2O6S/c1-18(2)24(26-23(29)16-19-8-4-3-5-9-19)25(30)33-17-22(28)20-10-12-21(13-11-20)34(31,32)27-14-6-7-15-27/h3-5,8-13,18,24H,6-7,14-17H2,1-2H3,(H,26,29)/t24-/m0/s1. The van der Waals surface area contributed by atoms with Gasteiger partial charge in [0.15, 0.2) is 12.4 Å². The maximum absolute atomic E-state index is 12.6. The molecule has 0 radical (unpaired) electrons. The number of hydrogen-bond acceptors (Lipinski definition) is 6. The van der Waals surface area contributed by atoms with Crippen molar-refractivity contribution in [2.24, 2.45) is 5.92 Å². The van der Waals surface area contributed by atoms with Crippen LogP contribution in [0.3, 0.4) is 0 Å². The first-order valence-corrected chi connectivity index (χ1v) is 12.8. The van der Waals surface area contributed by atoms with E-state index in [1.54, 1.807) is 13.8 Å². The predicted molar refractivity (Wildman–Crippen MR) is 127 cm³/mol. The molecule has 1 aliphatic rings. The first-order chi connectivity index (χ1) is 16.2. The number of ketones is 1. The van der Waals surface area contributed by atoms with Gasteiger partial charge in [-0.3, -0.25) is 9.59 Å². The van der Waals surface area contributed by atoms with Crippen LogP contribution in [0.1, 0.15) is 42.6 Å². The molecule has 0 unspecified atom stereocenters. The summed E-state index contributed by atoms with van der Waals surface area (Å²) in [6.07, 6.45) is 1.81. The minimum Gasteiger partial charge on any atom is -0.456 e. The molecule has 182 valence electrons. The molecular formula is C25H30N2O6S. The van der Waals surface area contributed by atoms with Crippen LogP contribution in [0.4, 0.5) is 0 Å². The molecule has 1 fully saturated rings. The molecule has 1 heterocycles. The normalized spacial score (nSPS) is 15.1. The lowest BCUT2D eigenvalue weighted by molar-refractivity contribution is -0.148. The average Bonchev–Trinajstić information content (AvgIpc) is 3.37. The molecule has 0 spiro atoms. The molecule has 2 aromatic carbocycles. The average molecular weight is 487 g/mol. The summed E-state index contributed by atoms with van der Waals surface area (Å²) in [5.74, 6) is -1.71. The Balaban J connectivity index is 1.55. The molecular weight excluding hydrogens is 456 g/mol. The molecule has 1 N–H and O–H groups in total. The SMILES string of the molecule is CC(C)[C@H](NC(=O)Cc1ccccc1)C(=O)OCC(=O)c1ccc(S(=O)(=O)N2CCCC2)cc1. The number of sulfonamides is 1. The van der Waals surface area contributed by atoms with Gasteiger partial charge in [0.1, 0.15) is 6.04 Å². The van der Waals surface area contributed by atoms with Gasteiger partial charge in [0.05, 0.1) is 11.3 Å². The van der Waals surface area contributed by atoms with Gasteiger partial charge in [-0.1, -0.05) is 44.2 Å². The van der Waals surface area contributed by atoms with Gasteiger partial charge < -0.3 is 10.1 Å². The fourth-order valence-corrected chi connectivity index (χ4v) is 5.22. The van der Waals surface area contributed by atoms with Crippen LogP contribution in [-0.2, 0) is 30.8 Å². The number of esters is 1. The molecule has 1 aliphatic heterocycles. The van der Waals surface area contributed by atoms with Crippen LogP contribution in [0.2, 0.25) is 0 Å². The number of nitrogens with zero attached hydrogens (tertiary/aromatic N) is 1. The second-order valence-corrected chi connectivity index (χ2v) is 10.6. The lowest BCUT2D eigenvalue weighted by Gasteiger charge is -2.20. The molecule has 2 aromatic rings. The number of carbonyl (C=O) groups is 3. The van der Waals surface area contributed by atoms with Gasteiger partial charge in [-0.15, -0.1) is 0 Å². The van der Waals surface area contributed by atoms with Crippen molar-refractivity contribution in [1.82, 2.24) is 9.62 Å². The fraction of sp³-hybridized carbons (Fsp3) is 0.400. The van der Waals surface area contributed by atoms with Gasteiger partial charge in [0.25, 0.3) is 0 Å². The maximum atomic E-state index is 12.6. The second kappa shape index (κ2) is 11.4. The molecule has 0 saturated carbocycles. The number of carbonyl (C=O) groups excluding carboxylic acids is 3. The molecule has 9 heteroatoms. The highest BCUT2D eigenvalue weighted by molar-refractivity contribution is 7.89. The summed E-state index contributed by atoms with van der Waals surface area (Å²) >= 11 is 0. The molecule has 0 bridgehead atoms. The Bertz CT molecular complexity index is 1110. The lowest BCUT2D eigenvalue weighted by atomic mass is 10.0. The Kier molecular flexibility index (Phi) is 8.57. The summed E-state index contributed by atoms with van der Waals surface area (Å²) in [6, 6.07) is 13.9. The molecule has 8 nitrogen and oxygen atoms in total. The number of amides is 1. The van der Waals surface area contributed by atoms with Crippen molar-refractivity contribution in [2.45, 2.75) is 44.0 Å². The van der Waals surface area contributed by atoms with E-state index in [1.165, 1.54) is 28.6 Å². The largest absolute Gasteiger partial charge is 0.456 e. The third-order valence-electron chi connectivity index (χ3n) is 5.67. The van der Waals surface area contributed by atoms with Crippen molar-refractivity contribution in [3.8, 4) is 0 Å². The zero-order valence-electron chi connectivity index (χ0n) is 19.4. The third kappa shape index (κ3) is 6.51. The number of nitrogens with one attached hydrogen (secondary N) is 1. The highest BCUT2D eigenvalue weighted by Crippen LogP contribution is 2.21. The summed E-state index contributed by atoms with van der Waals surface area (Å²) in [6.45, 7) is 4.04. The third-order valence-corrected chi connectivity index (χ3v) is 7.58. The van der Waals surface area contributed by atoms with Crippen LogP contribution in [0.5, 0.6) is 0 Å². The Morgan fingerprint density at radius 3 is 2.18 bits per heavy atom. The van der Waals surface area contributed by atoms with Crippen molar-refractivity contribution >= 4 is 27.7 Å². The van der Waals surface area contributed by atoms with E-state index in [-0.39, 0.29) is 28.7 Å². The predicted octanol–water partition coefficient (Wildman–Crippen LogP) is 2.58. The van der Waals surface area contributed by atoms with E-state index in [4.69, 9.17) is 4.74 Å². The summed E-state index contributed by atoms with van der Waals surface area (Å²) in [5, 5.41) is 2.68. The van der Waals surface area contributed by atoms with Crippen molar-refractivity contribution < 1.29 is 27.5 Å². The zero-order valence-corrected chi connectivity index (χ0v) is 20.2. The van der Waals surface area contributed by atoms with Gasteiger partial charge >= 0.3 is 5.97 Å². The molecule has 1 saturated heterocycles. The van der Waals surface area contributed by atoms with E-state index in [1.807, 2.05) is 30.3 Å². The Morgan fingerprint density at radius 1 is 0.971 bits per heavy atom. The number of rotatable bonds is 10. The lowest BCUT2D eigenvalue weighted by Crippen LogP contribution is -2.46. The van der Waals surface area contributed by atoms with Gasteiger partial charge in [-0.2, -0.15) is 4.31 Å². The number of benzene rings is 2. The Morgan fingerprint density at radius 2 is 1.59 bits per heavy atom. The van der Waals surface area contributed by atoms with Gasteiger partial charge in [-0.25, -0.2) is 13.2 Å². The van der Waals surface area contributed by atoms with Crippen molar-refractivity contribution in [2.75, 3.05) is 19.7 Å². The van der Waals surface area contributed by atoms with E-state index in [2.05, 4.69) is 5.32 Å². The van der Waals surface area contributed by atoms with Crippen molar-refractivity contribution in [3.05, 3.63) is 65.7 Å². The number of hydrogen-bond donors (Lipinski definition) is 1. The van der Waals surface area contributed by atoms with Crippen molar-refractivity contribution in [1.29, 1.82) is 0 Å². The van der Waals surface area contributed by atoms with Crippen LogP contribution >= 0.6 is 0 Å². The molecule has 0 aliphatic carbocycles. The first kappa shape index (κ1) is 25.6. The van der Waals surface area contributed by atoms with E-state index in [0.717, 1.165) is 18.4 Å². The zero-order chi connectivity index (χ0) is 24.7. The maximum Gasteiger partial charge on any atom is 0.329 e. The summed E-state index contributed by atoms with van der Waals surface area (Å²) in [7, 11) is -3.57. The Labute approximate surface area is 200 Å². The van der Waals surface area contributed by atoms with E-state index in [9.17, 15) is 22.8 Å². The second-order valence-electron chi connectivity index (χ2n) is 8.62. The monoisotopic (exact) mass is 486 g/mol. The fourth-order valence-electron chi connectivity index (χ4n) is 3.70. The van der Waals surface area contributed by atoms with Crippen LogP contribution < -0.4 is 5.32 Å². The quantitative estimate of drug-likeness (QED) is 0.408. The topological polar surface area (TPSA) is 110 Å². The molecule has 0 aromatic heterocycles. The molecule has 1 amide bonds. The summed E-state index contributed by atoms with van der Waals surface area (Å²) in [4.78, 5) is 37.6. The molecule has 34 heavy (non-hydrogen) atoms. The Hall–Kier alpha value is -3.04. The summed E-state index contributed by atoms with van der Waals surface area (Å²) < 4.78 is 31.8. The van der Waals surface area contributed by atoms with Crippen molar-refractivity contribution in [3.63, 3.8) is 0 Å². The highest BCUT2D eigenvalue weighted by Gasteiger charge is 2.28. The minimum absolute atomic E-state index is 0.128. The number of Topliss-reactive ketones (excluding diaryl/α,β-unsaturated/α-hetero) is 1. The highest BCUT2D eigenvalue weighted by atomic mass is 32.2. The smallest absolute Gasteiger partial charge is 0.329 e. The minimum atomic E-state index is -3.57. The van der Waals surface area contributed by atoms with Crippen LogP contribution in [0.15, 0.2) is 59.5 Å². The van der Waals surface area contributed by atoms with Gasteiger partial charge in [0.2, 0.25) is 15.9 Å². The van der Waals surface area contributed by atoms with Gasteiger partial charge in [-0.05, 0) is 48.6 Å². The van der Waals surface area contributed by atoms with E-state index in [0.29, 0.717) is 13.1 Å². The van der Waals surface area contributed by atoms with Gasteiger partial charge in [0, 0.05) is 18.7 Å². The van der Waals surface area contributed by atoms with Crippen LogP contribution in [0, 0.1) is 5.92 Å². The van der Waals surface area contributed by atoms with E-state index >= 15 is 0 Å². The number of ether oxygens (including phenoxy) is 1.